The molecule has 1 aromatic carbocycles. The van der Waals surface area contributed by atoms with Crippen LogP contribution in [0.5, 0.6) is 0 Å². The van der Waals surface area contributed by atoms with Crippen molar-refractivity contribution >= 4 is 27.5 Å². The van der Waals surface area contributed by atoms with Gasteiger partial charge in [0.2, 0.25) is 5.91 Å². The number of nitrogens with one attached hydrogen (secondary N) is 1. The molecule has 6 nitrogen and oxygen atoms in total. The average molecular weight is 385 g/mol. The van der Waals surface area contributed by atoms with Crippen molar-refractivity contribution in [1.82, 2.24) is 14.5 Å². The highest BCUT2D eigenvalue weighted by atomic mass is 32.1. The van der Waals surface area contributed by atoms with Crippen molar-refractivity contribution in [3.8, 4) is 5.69 Å². The molecule has 0 aliphatic carbocycles. The van der Waals surface area contributed by atoms with Crippen LogP contribution in [0.25, 0.3) is 15.9 Å². The summed E-state index contributed by atoms with van der Waals surface area (Å²) in [5.74, 6) is -0.233. The lowest BCUT2D eigenvalue weighted by molar-refractivity contribution is -0.121. The molecular weight excluding hydrogens is 362 g/mol. The van der Waals surface area contributed by atoms with Crippen molar-refractivity contribution in [1.29, 1.82) is 0 Å². The molecule has 0 fully saturated rings. The van der Waals surface area contributed by atoms with E-state index in [0.717, 1.165) is 24.0 Å². The van der Waals surface area contributed by atoms with Gasteiger partial charge in [-0.25, -0.2) is 9.36 Å². The Bertz CT molecular complexity index is 1110. The van der Waals surface area contributed by atoms with Crippen LogP contribution in [-0.4, -0.2) is 21.6 Å². The van der Waals surface area contributed by atoms with Gasteiger partial charge in [-0.2, -0.15) is 0 Å². The lowest BCUT2D eigenvalue weighted by atomic mass is 10.1. The lowest BCUT2D eigenvalue weighted by Crippen LogP contribution is -2.41. The first-order chi connectivity index (χ1) is 12.9. The zero-order valence-corrected chi connectivity index (χ0v) is 16.6. The Kier molecular flexibility index (Phi) is 5.60. The van der Waals surface area contributed by atoms with E-state index in [1.54, 1.807) is 17.5 Å². The van der Waals surface area contributed by atoms with Gasteiger partial charge in [-0.15, -0.1) is 11.3 Å². The maximum Gasteiger partial charge on any atom is 0.336 e. The first-order valence-electron chi connectivity index (χ1n) is 9.01. The lowest BCUT2D eigenvalue weighted by Gasteiger charge is -2.14. The number of unbranched alkanes of at least 4 members (excludes halogenated alkanes) is 1. The number of fused-ring (bicyclic) bond motifs is 1. The number of carbonyl (C=O) groups excluding carboxylic acids is 1. The van der Waals surface area contributed by atoms with Gasteiger partial charge < -0.3 is 5.32 Å². The maximum atomic E-state index is 13.2. The molecule has 27 heavy (non-hydrogen) atoms. The van der Waals surface area contributed by atoms with E-state index in [0.29, 0.717) is 22.4 Å². The number of amides is 1. The number of carbonyl (C=O) groups is 1. The third-order valence-corrected chi connectivity index (χ3v) is 5.39. The van der Waals surface area contributed by atoms with Gasteiger partial charge in [0.25, 0.3) is 5.56 Å². The first-order valence-corrected chi connectivity index (χ1v) is 9.89. The average Bonchev–Trinajstić information content (AvgIpc) is 3.10. The Labute approximate surface area is 161 Å². The molecule has 3 rings (SSSR count). The Morgan fingerprint density at radius 3 is 2.67 bits per heavy atom. The molecule has 142 valence electrons. The minimum absolute atomic E-state index is 0.110. The summed E-state index contributed by atoms with van der Waals surface area (Å²) in [6, 6.07) is 7.29. The number of hydrogen-bond acceptors (Lipinski definition) is 4. The molecule has 0 radical (unpaired) electrons. The van der Waals surface area contributed by atoms with Crippen molar-refractivity contribution < 1.29 is 4.79 Å². The highest BCUT2D eigenvalue weighted by molar-refractivity contribution is 7.17. The molecule has 0 spiro atoms. The fourth-order valence-corrected chi connectivity index (χ4v) is 3.94. The normalized spacial score (nSPS) is 11.1. The summed E-state index contributed by atoms with van der Waals surface area (Å²) in [4.78, 5) is 38.4. The minimum Gasteiger partial charge on any atom is -0.355 e. The summed E-state index contributed by atoms with van der Waals surface area (Å²) in [6.07, 6.45) is 1.86. The summed E-state index contributed by atoms with van der Waals surface area (Å²) in [7, 11) is 0. The van der Waals surface area contributed by atoms with E-state index in [4.69, 9.17) is 0 Å². The highest BCUT2D eigenvalue weighted by Gasteiger charge is 2.18. The van der Waals surface area contributed by atoms with E-state index in [9.17, 15) is 14.4 Å². The third kappa shape index (κ3) is 3.73. The van der Waals surface area contributed by atoms with Gasteiger partial charge in [-0.3, -0.25) is 14.2 Å². The van der Waals surface area contributed by atoms with Crippen LogP contribution in [0.1, 0.15) is 30.9 Å². The molecule has 0 aliphatic rings. The summed E-state index contributed by atoms with van der Waals surface area (Å²) < 4.78 is 3.02. The molecule has 2 heterocycles. The van der Waals surface area contributed by atoms with Gasteiger partial charge in [0.05, 0.1) is 11.2 Å². The van der Waals surface area contributed by atoms with Gasteiger partial charge >= 0.3 is 5.69 Å². The SMILES string of the molecule is CCCCNC(=O)Cn1c(=O)n(-c2ccc(C)cc2C)c(=O)c2sccc21. The Balaban J connectivity index is 2.14. The molecule has 1 N–H and O–H groups in total. The molecule has 0 atom stereocenters. The highest BCUT2D eigenvalue weighted by Crippen LogP contribution is 2.18. The number of thiophene rings is 1. The van der Waals surface area contributed by atoms with Crippen LogP contribution in [0.3, 0.4) is 0 Å². The van der Waals surface area contributed by atoms with Gasteiger partial charge in [0.1, 0.15) is 11.2 Å². The van der Waals surface area contributed by atoms with E-state index in [-0.39, 0.29) is 18.0 Å². The summed E-state index contributed by atoms with van der Waals surface area (Å²) in [6.45, 7) is 6.34. The first kappa shape index (κ1) is 19.1. The van der Waals surface area contributed by atoms with Crippen LogP contribution in [0.2, 0.25) is 0 Å². The summed E-state index contributed by atoms with van der Waals surface area (Å²) in [5, 5.41) is 4.59. The fourth-order valence-electron chi connectivity index (χ4n) is 3.11. The molecule has 0 saturated carbocycles. The van der Waals surface area contributed by atoms with Crippen LogP contribution < -0.4 is 16.6 Å². The minimum atomic E-state index is -0.497. The Hall–Kier alpha value is -2.67. The van der Waals surface area contributed by atoms with Crippen molar-refractivity contribution in [3.05, 3.63) is 61.6 Å². The predicted molar refractivity (Wildman–Crippen MR) is 109 cm³/mol. The van der Waals surface area contributed by atoms with Crippen molar-refractivity contribution in [2.75, 3.05) is 6.54 Å². The van der Waals surface area contributed by atoms with Gasteiger partial charge in [-0.1, -0.05) is 31.0 Å². The van der Waals surface area contributed by atoms with Crippen molar-refractivity contribution in [2.24, 2.45) is 0 Å². The Morgan fingerprint density at radius 1 is 1.19 bits per heavy atom. The number of hydrogen-bond donors (Lipinski definition) is 1. The van der Waals surface area contributed by atoms with E-state index < -0.39 is 5.69 Å². The van der Waals surface area contributed by atoms with Crippen LogP contribution in [0.15, 0.2) is 39.2 Å². The van der Waals surface area contributed by atoms with E-state index in [1.165, 1.54) is 20.5 Å². The molecule has 2 aromatic heterocycles. The van der Waals surface area contributed by atoms with Gasteiger partial charge in [0, 0.05) is 6.54 Å². The van der Waals surface area contributed by atoms with Crippen molar-refractivity contribution in [2.45, 2.75) is 40.2 Å². The zero-order chi connectivity index (χ0) is 19.6. The van der Waals surface area contributed by atoms with E-state index >= 15 is 0 Å². The quantitative estimate of drug-likeness (QED) is 0.663. The monoisotopic (exact) mass is 385 g/mol. The molecule has 3 aromatic rings. The topological polar surface area (TPSA) is 73.1 Å². The van der Waals surface area contributed by atoms with Crippen LogP contribution >= 0.6 is 11.3 Å². The van der Waals surface area contributed by atoms with Gasteiger partial charge in [0.15, 0.2) is 0 Å². The van der Waals surface area contributed by atoms with E-state index in [2.05, 4.69) is 5.32 Å². The van der Waals surface area contributed by atoms with E-state index in [1.807, 2.05) is 32.9 Å². The van der Waals surface area contributed by atoms with Crippen molar-refractivity contribution in [3.63, 3.8) is 0 Å². The van der Waals surface area contributed by atoms with Crippen LogP contribution in [0, 0.1) is 13.8 Å². The summed E-state index contributed by atoms with van der Waals surface area (Å²) >= 11 is 1.28. The van der Waals surface area contributed by atoms with Crippen LogP contribution in [-0.2, 0) is 11.3 Å². The third-order valence-electron chi connectivity index (χ3n) is 4.50. The molecule has 0 unspecified atom stereocenters. The second kappa shape index (κ2) is 7.92. The maximum absolute atomic E-state index is 13.2. The number of benzene rings is 1. The molecule has 7 heteroatoms. The van der Waals surface area contributed by atoms with Crippen LogP contribution in [0.4, 0.5) is 0 Å². The molecule has 1 amide bonds. The number of aromatic nitrogens is 2. The second-order valence-corrected chi connectivity index (χ2v) is 7.55. The molecule has 0 aliphatic heterocycles. The number of aryl methyl sites for hydroxylation is 2. The molecule has 0 bridgehead atoms. The summed E-state index contributed by atoms with van der Waals surface area (Å²) in [5.41, 5.74) is 2.09. The molecule has 0 saturated heterocycles. The molecular formula is C20H23N3O3S. The number of nitrogens with zero attached hydrogens (tertiary/aromatic N) is 2. The fraction of sp³-hybridized carbons (Fsp3) is 0.350. The van der Waals surface area contributed by atoms with Gasteiger partial charge in [-0.05, 0) is 43.3 Å². The largest absolute Gasteiger partial charge is 0.355 e. The predicted octanol–water partition coefficient (Wildman–Crippen LogP) is 2.75. The standard InChI is InChI=1S/C20H23N3O3S/c1-4-5-9-21-17(24)12-22-16-8-10-27-18(16)19(25)23(20(22)26)15-7-6-13(2)11-14(15)3/h6-8,10-11H,4-5,9,12H2,1-3H3,(H,21,24). The smallest absolute Gasteiger partial charge is 0.336 e. The number of rotatable bonds is 6. The zero-order valence-electron chi connectivity index (χ0n) is 15.7. The Morgan fingerprint density at radius 2 is 1.96 bits per heavy atom. The second-order valence-electron chi connectivity index (χ2n) is 6.64.